The molecule has 1 aromatic rings. The molecule has 2 rings (SSSR count). The number of methoxy groups -OCH3 is 1. The molecule has 0 bridgehead atoms. The van der Waals surface area contributed by atoms with Crippen LogP contribution in [0.2, 0.25) is 0 Å². The molecule has 0 N–H and O–H groups in total. The Balaban J connectivity index is 2.18. The summed E-state index contributed by atoms with van der Waals surface area (Å²) in [5.74, 6) is 0.930. The first-order valence-corrected chi connectivity index (χ1v) is 7.50. The number of ether oxygens (including phenoxy) is 1. The van der Waals surface area contributed by atoms with Crippen LogP contribution >= 0.6 is 11.6 Å². The van der Waals surface area contributed by atoms with Crippen molar-refractivity contribution in [3.63, 3.8) is 0 Å². The average Bonchev–Trinajstić information content (AvgIpc) is 2.64. The van der Waals surface area contributed by atoms with Gasteiger partial charge in [-0.1, -0.05) is 19.3 Å². The zero-order valence-electron chi connectivity index (χ0n) is 11.7. The molecule has 1 aliphatic carbocycles. The van der Waals surface area contributed by atoms with Gasteiger partial charge in [-0.25, -0.2) is 0 Å². The third-order valence-electron chi connectivity index (χ3n) is 3.96. The number of hydrogen-bond donors (Lipinski definition) is 0. The highest BCUT2D eigenvalue weighted by Gasteiger charge is 2.23. The van der Waals surface area contributed by atoms with Crippen LogP contribution in [0, 0.1) is 16.0 Å². The molecule has 110 valence electrons. The first-order valence-electron chi connectivity index (χ1n) is 7.06. The molecule has 2 unspecified atom stereocenters. The number of hydrogen-bond acceptors (Lipinski definition) is 3. The van der Waals surface area contributed by atoms with E-state index in [1.165, 1.54) is 32.4 Å². The van der Waals surface area contributed by atoms with Gasteiger partial charge in [-0.05, 0) is 36.8 Å². The molecule has 0 saturated heterocycles. The number of non-ortho nitro benzene ring substituents is 1. The van der Waals surface area contributed by atoms with Gasteiger partial charge in [-0.3, -0.25) is 10.1 Å². The molecule has 5 heteroatoms. The minimum Gasteiger partial charge on any atom is -0.496 e. The summed E-state index contributed by atoms with van der Waals surface area (Å²) < 4.78 is 5.15. The van der Waals surface area contributed by atoms with Gasteiger partial charge >= 0.3 is 0 Å². The molecule has 0 radical (unpaired) electrons. The van der Waals surface area contributed by atoms with Gasteiger partial charge in [-0.15, -0.1) is 11.6 Å². The van der Waals surface area contributed by atoms with E-state index >= 15 is 0 Å². The van der Waals surface area contributed by atoms with E-state index in [9.17, 15) is 10.1 Å². The topological polar surface area (TPSA) is 52.4 Å². The van der Waals surface area contributed by atoms with Crippen LogP contribution < -0.4 is 4.74 Å². The maximum Gasteiger partial charge on any atom is 0.273 e. The van der Waals surface area contributed by atoms with Crippen LogP contribution in [0.1, 0.15) is 37.7 Å². The monoisotopic (exact) mass is 297 g/mol. The molecule has 2 atom stereocenters. The summed E-state index contributed by atoms with van der Waals surface area (Å²) in [6.45, 7) is 0. The van der Waals surface area contributed by atoms with E-state index in [1.54, 1.807) is 6.07 Å². The molecule has 1 saturated carbocycles. The molecule has 4 nitrogen and oxygen atoms in total. The zero-order valence-corrected chi connectivity index (χ0v) is 12.4. The van der Waals surface area contributed by atoms with Crippen molar-refractivity contribution in [1.82, 2.24) is 0 Å². The number of nitro benzene ring substituents is 1. The quantitative estimate of drug-likeness (QED) is 0.360. The summed E-state index contributed by atoms with van der Waals surface area (Å²) in [5.41, 5.74) is 1.02. The second-order valence-electron chi connectivity index (χ2n) is 5.41. The van der Waals surface area contributed by atoms with Gasteiger partial charge in [-0.2, -0.15) is 0 Å². The summed E-state index contributed by atoms with van der Waals surface area (Å²) in [6, 6.07) is 4.97. The lowest BCUT2D eigenvalue weighted by Gasteiger charge is -2.19. The van der Waals surface area contributed by atoms with Crippen molar-refractivity contribution in [3.8, 4) is 5.75 Å². The highest BCUT2D eigenvalue weighted by molar-refractivity contribution is 6.20. The molecular weight excluding hydrogens is 278 g/mol. The van der Waals surface area contributed by atoms with E-state index < -0.39 is 0 Å². The Kier molecular flexibility index (Phi) is 5.24. The second-order valence-corrected chi connectivity index (χ2v) is 5.98. The van der Waals surface area contributed by atoms with E-state index in [2.05, 4.69) is 0 Å². The van der Waals surface area contributed by atoms with Crippen LogP contribution in [-0.2, 0) is 6.42 Å². The van der Waals surface area contributed by atoms with Crippen molar-refractivity contribution in [1.29, 1.82) is 0 Å². The largest absolute Gasteiger partial charge is 0.496 e. The highest BCUT2D eigenvalue weighted by atomic mass is 35.5. The van der Waals surface area contributed by atoms with Crippen molar-refractivity contribution in [2.75, 3.05) is 7.11 Å². The Morgan fingerprint density at radius 3 is 2.75 bits per heavy atom. The number of nitrogens with zero attached hydrogens (tertiary/aromatic N) is 1. The fourth-order valence-corrected chi connectivity index (χ4v) is 3.23. The van der Waals surface area contributed by atoms with Crippen molar-refractivity contribution < 1.29 is 9.66 Å². The van der Waals surface area contributed by atoms with Gasteiger partial charge in [0.05, 0.1) is 18.1 Å². The molecule has 20 heavy (non-hydrogen) atoms. The van der Waals surface area contributed by atoms with E-state index in [0.29, 0.717) is 11.7 Å². The molecule has 1 aromatic carbocycles. The Labute approximate surface area is 124 Å². The first kappa shape index (κ1) is 15.1. The zero-order chi connectivity index (χ0) is 14.5. The Bertz CT molecular complexity index is 478. The Morgan fingerprint density at radius 2 is 2.05 bits per heavy atom. The van der Waals surface area contributed by atoms with Crippen molar-refractivity contribution in [3.05, 3.63) is 33.9 Å². The summed E-state index contributed by atoms with van der Waals surface area (Å²) in [6.07, 6.45) is 6.53. The normalized spacial score (nSPS) is 23.1. The fraction of sp³-hybridized carbons (Fsp3) is 0.600. The smallest absolute Gasteiger partial charge is 0.273 e. The number of nitro groups is 1. The van der Waals surface area contributed by atoms with Crippen molar-refractivity contribution in [2.45, 2.75) is 43.9 Å². The van der Waals surface area contributed by atoms with Crippen LogP contribution in [-0.4, -0.2) is 17.4 Å². The number of halogens is 1. The lowest BCUT2D eigenvalue weighted by atomic mass is 9.92. The van der Waals surface area contributed by atoms with Gasteiger partial charge in [0.25, 0.3) is 5.69 Å². The summed E-state index contributed by atoms with van der Waals surface area (Å²) >= 11 is 6.45. The summed E-state index contributed by atoms with van der Waals surface area (Å²) in [4.78, 5) is 10.6. The summed E-state index contributed by atoms with van der Waals surface area (Å²) in [5, 5.41) is 11.1. The minimum atomic E-state index is -0.378. The third-order valence-corrected chi connectivity index (χ3v) is 4.54. The molecule has 1 aliphatic rings. The third kappa shape index (κ3) is 3.85. The Hall–Kier alpha value is -1.29. The second kappa shape index (κ2) is 6.93. The standard InChI is InChI=1S/C15H20ClNO3/c1-20-14-9-11(8-13(10-14)17(18)19)7-12-5-3-2-4-6-15(12)16/h8-10,12,15H,2-7H2,1H3. The predicted molar refractivity (Wildman–Crippen MR) is 79.6 cm³/mol. The molecule has 0 spiro atoms. The van der Waals surface area contributed by atoms with Gasteiger partial charge in [0.1, 0.15) is 5.75 Å². The molecule has 0 amide bonds. The van der Waals surface area contributed by atoms with Crippen LogP contribution in [0.3, 0.4) is 0 Å². The summed E-state index contributed by atoms with van der Waals surface area (Å²) in [7, 11) is 1.53. The maximum absolute atomic E-state index is 11.0. The lowest BCUT2D eigenvalue weighted by Crippen LogP contribution is -2.16. The highest BCUT2D eigenvalue weighted by Crippen LogP contribution is 2.32. The van der Waals surface area contributed by atoms with Crippen LogP contribution in [0.5, 0.6) is 5.75 Å². The molecule has 0 heterocycles. The van der Waals surface area contributed by atoms with E-state index in [1.807, 2.05) is 6.07 Å². The Morgan fingerprint density at radius 1 is 1.30 bits per heavy atom. The number of benzene rings is 1. The van der Waals surface area contributed by atoms with E-state index in [-0.39, 0.29) is 16.0 Å². The van der Waals surface area contributed by atoms with Gasteiger partial charge in [0.2, 0.25) is 0 Å². The predicted octanol–water partition coefficient (Wildman–Crippen LogP) is 4.33. The van der Waals surface area contributed by atoms with Crippen molar-refractivity contribution in [2.24, 2.45) is 5.92 Å². The van der Waals surface area contributed by atoms with Crippen molar-refractivity contribution >= 4 is 17.3 Å². The number of rotatable bonds is 4. The fourth-order valence-electron chi connectivity index (χ4n) is 2.86. The minimum absolute atomic E-state index is 0.0825. The lowest BCUT2D eigenvalue weighted by molar-refractivity contribution is -0.385. The molecular formula is C15H20ClNO3. The van der Waals surface area contributed by atoms with Gasteiger partial charge in [0.15, 0.2) is 0 Å². The molecule has 1 fully saturated rings. The molecule has 0 aromatic heterocycles. The SMILES string of the molecule is COc1cc(CC2CCCCCC2Cl)cc([N+](=O)[O-])c1. The van der Waals surface area contributed by atoms with Crippen LogP contribution in [0.15, 0.2) is 18.2 Å². The average molecular weight is 298 g/mol. The maximum atomic E-state index is 11.0. The number of alkyl halides is 1. The molecule has 0 aliphatic heterocycles. The van der Waals surface area contributed by atoms with Crippen LogP contribution in [0.4, 0.5) is 5.69 Å². The van der Waals surface area contributed by atoms with Crippen LogP contribution in [0.25, 0.3) is 0 Å². The van der Waals surface area contributed by atoms with E-state index in [0.717, 1.165) is 24.8 Å². The first-order chi connectivity index (χ1) is 9.60. The van der Waals surface area contributed by atoms with Gasteiger partial charge in [0, 0.05) is 11.4 Å². The van der Waals surface area contributed by atoms with E-state index in [4.69, 9.17) is 16.3 Å². The van der Waals surface area contributed by atoms with Gasteiger partial charge < -0.3 is 4.74 Å².